The number of carbonyl (C=O) groups is 1. The molecule has 3 N–H and O–H groups in total. The molecule has 1 aromatic carbocycles. The van der Waals surface area contributed by atoms with E-state index in [4.69, 9.17) is 0 Å². The lowest BCUT2D eigenvalue weighted by atomic mass is 10.3. The molecule has 0 atom stereocenters. The molecule has 0 aliphatic carbocycles. The van der Waals surface area contributed by atoms with Crippen molar-refractivity contribution in [2.75, 3.05) is 12.4 Å². The van der Waals surface area contributed by atoms with Crippen LogP contribution in [0.4, 0.5) is 5.69 Å². The van der Waals surface area contributed by atoms with Crippen molar-refractivity contribution >= 4 is 21.6 Å². The van der Waals surface area contributed by atoms with Gasteiger partial charge in [0.15, 0.2) is 0 Å². The number of carbonyl (C=O) groups excluding carboxylic acids is 1. The van der Waals surface area contributed by atoms with Gasteiger partial charge in [0.05, 0.1) is 4.90 Å². The normalized spacial score (nSPS) is 11.3. The number of hydrogen-bond acceptors (Lipinski definition) is 5. The lowest BCUT2D eigenvalue weighted by Crippen LogP contribution is -2.18. The van der Waals surface area contributed by atoms with E-state index in [0.29, 0.717) is 17.9 Å². The minimum Gasteiger partial charge on any atom is -0.319 e. The number of sulfonamides is 1. The molecule has 0 aliphatic rings. The number of H-pyrrole nitrogens is 1. The van der Waals surface area contributed by atoms with Crippen molar-refractivity contribution in [1.82, 2.24) is 19.9 Å². The molecule has 0 saturated heterocycles. The van der Waals surface area contributed by atoms with Crippen LogP contribution >= 0.6 is 0 Å². The number of benzene rings is 1. The topological polar surface area (TPSA) is 117 Å². The second kappa shape index (κ2) is 6.02. The van der Waals surface area contributed by atoms with Gasteiger partial charge in [-0.25, -0.2) is 18.1 Å². The maximum Gasteiger partial charge on any atom is 0.295 e. The molecule has 0 saturated carbocycles. The summed E-state index contributed by atoms with van der Waals surface area (Å²) in [7, 11) is -2.16. The molecule has 9 heteroatoms. The van der Waals surface area contributed by atoms with Crippen molar-refractivity contribution in [3.63, 3.8) is 0 Å². The molecule has 1 aromatic heterocycles. The number of anilines is 1. The van der Waals surface area contributed by atoms with Crippen LogP contribution in [0.2, 0.25) is 0 Å². The van der Waals surface area contributed by atoms with Crippen LogP contribution in [-0.4, -0.2) is 36.6 Å². The van der Waals surface area contributed by atoms with Crippen LogP contribution in [0, 0.1) is 0 Å². The zero-order chi connectivity index (χ0) is 15.5. The van der Waals surface area contributed by atoms with Crippen molar-refractivity contribution in [2.45, 2.75) is 18.2 Å². The Hall–Kier alpha value is -2.26. The Kier molecular flexibility index (Phi) is 4.34. The number of aryl methyl sites for hydroxylation is 1. The Bertz CT molecular complexity index is 737. The number of nitrogens with zero attached hydrogens (tertiary/aromatic N) is 2. The molecule has 0 bridgehead atoms. The molecule has 1 heterocycles. The standard InChI is InChI=1S/C12H15N5O3S/c1-3-10-15-11(17-16-10)12(18)14-8-4-6-9(7-5-8)21(19,20)13-2/h4-7,13H,3H2,1-2H3,(H,14,18)(H,15,16,17). The third kappa shape index (κ3) is 3.44. The highest BCUT2D eigenvalue weighted by atomic mass is 32.2. The predicted molar refractivity (Wildman–Crippen MR) is 76.4 cm³/mol. The van der Waals surface area contributed by atoms with Crippen LogP contribution in [-0.2, 0) is 16.4 Å². The Labute approximate surface area is 122 Å². The number of rotatable bonds is 5. The highest BCUT2D eigenvalue weighted by Crippen LogP contribution is 2.14. The molecule has 0 spiro atoms. The van der Waals surface area contributed by atoms with E-state index in [-0.39, 0.29) is 10.7 Å². The van der Waals surface area contributed by atoms with E-state index in [2.05, 4.69) is 25.2 Å². The maximum absolute atomic E-state index is 11.9. The third-order valence-electron chi connectivity index (χ3n) is 2.76. The molecule has 0 radical (unpaired) electrons. The van der Waals surface area contributed by atoms with Crippen LogP contribution in [0.5, 0.6) is 0 Å². The molecule has 0 fully saturated rings. The number of amides is 1. The van der Waals surface area contributed by atoms with Crippen LogP contribution in [0.15, 0.2) is 29.2 Å². The molecule has 0 aliphatic heterocycles. The van der Waals surface area contributed by atoms with E-state index >= 15 is 0 Å². The molecule has 8 nitrogen and oxygen atoms in total. The Balaban J connectivity index is 2.11. The maximum atomic E-state index is 11.9. The lowest BCUT2D eigenvalue weighted by molar-refractivity contribution is 0.101. The first-order chi connectivity index (χ1) is 9.96. The van der Waals surface area contributed by atoms with Gasteiger partial charge in [-0.1, -0.05) is 6.92 Å². The fourth-order valence-corrected chi connectivity index (χ4v) is 2.31. The molecule has 1 amide bonds. The summed E-state index contributed by atoms with van der Waals surface area (Å²) < 4.78 is 25.4. The second-order valence-corrected chi connectivity index (χ2v) is 6.03. The zero-order valence-corrected chi connectivity index (χ0v) is 12.4. The molecular weight excluding hydrogens is 294 g/mol. The van der Waals surface area contributed by atoms with Gasteiger partial charge >= 0.3 is 0 Å². The van der Waals surface area contributed by atoms with Gasteiger partial charge in [0.25, 0.3) is 5.91 Å². The quantitative estimate of drug-likeness (QED) is 0.744. The van der Waals surface area contributed by atoms with Crippen molar-refractivity contribution in [2.24, 2.45) is 0 Å². The van der Waals surface area contributed by atoms with Gasteiger partial charge in [-0.2, -0.15) is 0 Å². The lowest BCUT2D eigenvalue weighted by Gasteiger charge is -2.05. The minimum absolute atomic E-state index is 0.0405. The summed E-state index contributed by atoms with van der Waals surface area (Å²) in [5.41, 5.74) is 0.456. The molecule has 112 valence electrons. The van der Waals surface area contributed by atoms with Crippen LogP contribution < -0.4 is 10.0 Å². The largest absolute Gasteiger partial charge is 0.319 e. The monoisotopic (exact) mass is 309 g/mol. The molecule has 2 rings (SSSR count). The summed E-state index contributed by atoms with van der Waals surface area (Å²) in [6, 6.07) is 5.79. The van der Waals surface area contributed by atoms with E-state index in [1.54, 1.807) is 0 Å². The van der Waals surface area contributed by atoms with Gasteiger partial charge in [0.1, 0.15) is 5.82 Å². The van der Waals surface area contributed by atoms with Crippen LogP contribution in [0.25, 0.3) is 0 Å². The fraction of sp³-hybridized carbons (Fsp3) is 0.250. The molecular formula is C12H15N5O3S. The first kappa shape index (κ1) is 15.1. The first-order valence-corrected chi connectivity index (χ1v) is 7.71. The average molecular weight is 309 g/mol. The Morgan fingerprint density at radius 2 is 1.95 bits per heavy atom. The van der Waals surface area contributed by atoms with Gasteiger partial charge in [-0.05, 0) is 31.3 Å². The zero-order valence-electron chi connectivity index (χ0n) is 11.5. The highest BCUT2D eigenvalue weighted by Gasteiger charge is 2.14. The number of aromatic nitrogens is 3. The van der Waals surface area contributed by atoms with Crippen LogP contribution in [0.1, 0.15) is 23.4 Å². The fourth-order valence-electron chi connectivity index (χ4n) is 1.58. The summed E-state index contributed by atoms with van der Waals surface area (Å²) in [5.74, 6) is 0.199. The van der Waals surface area contributed by atoms with E-state index in [9.17, 15) is 13.2 Å². The SMILES string of the molecule is CCc1nc(C(=O)Nc2ccc(S(=O)(=O)NC)cc2)n[nH]1. The third-order valence-corrected chi connectivity index (χ3v) is 4.19. The summed E-state index contributed by atoms with van der Waals surface area (Å²) in [6.07, 6.45) is 0.650. The molecule has 21 heavy (non-hydrogen) atoms. The Morgan fingerprint density at radius 1 is 1.29 bits per heavy atom. The highest BCUT2D eigenvalue weighted by molar-refractivity contribution is 7.89. The number of nitrogens with one attached hydrogen (secondary N) is 3. The molecule has 2 aromatic rings. The van der Waals surface area contributed by atoms with Gasteiger partial charge in [-0.3, -0.25) is 9.89 Å². The number of hydrogen-bond donors (Lipinski definition) is 3. The molecule has 0 unspecified atom stereocenters. The van der Waals surface area contributed by atoms with E-state index in [0.717, 1.165) is 0 Å². The van der Waals surface area contributed by atoms with E-state index in [1.165, 1.54) is 31.3 Å². The summed E-state index contributed by atoms with van der Waals surface area (Å²) in [6.45, 7) is 1.89. The predicted octanol–water partition coefficient (Wildman–Crippen LogP) is 0.527. The number of aromatic amines is 1. The van der Waals surface area contributed by atoms with Crippen LogP contribution in [0.3, 0.4) is 0 Å². The average Bonchev–Trinajstić information content (AvgIpc) is 2.97. The van der Waals surface area contributed by atoms with Gasteiger partial charge in [-0.15, -0.1) is 5.10 Å². The summed E-state index contributed by atoms with van der Waals surface area (Å²) in [4.78, 5) is 16.0. The smallest absolute Gasteiger partial charge is 0.295 e. The van der Waals surface area contributed by atoms with E-state index < -0.39 is 15.9 Å². The summed E-state index contributed by atoms with van der Waals surface area (Å²) in [5, 5.41) is 9.04. The van der Waals surface area contributed by atoms with Crippen molar-refractivity contribution in [3.8, 4) is 0 Å². The first-order valence-electron chi connectivity index (χ1n) is 6.22. The van der Waals surface area contributed by atoms with Crippen molar-refractivity contribution in [3.05, 3.63) is 35.9 Å². The van der Waals surface area contributed by atoms with E-state index in [1.807, 2.05) is 6.92 Å². The van der Waals surface area contributed by atoms with Gasteiger partial charge < -0.3 is 5.32 Å². The minimum atomic E-state index is -3.49. The Morgan fingerprint density at radius 3 is 2.48 bits per heavy atom. The van der Waals surface area contributed by atoms with Gasteiger partial charge in [0, 0.05) is 12.1 Å². The second-order valence-electron chi connectivity index (χ2n) is 4.15. The van der Waals surface area contributed by atoms with Crippen molar-refractivity contribution < 1.29 is 13.2 Å². The van der Waals surface area contributed by atoms with Gasteiger partial charge in [0.2, 0.25) is 15.8 Å². The summed E-state index contributed by atoms with van der Waals surface area (Å²) >= 11 is 0. The van der Waals surface area contributed by atoms with Crippen molar-refractivity contribution in [1.29, 1.82) is 0 Å².